The molecule has 0 N–H and O–H groups in total. The summed E-state index contributed by atoms with van der Waals surface area (Å²) < 4.78 is 5.39. The van der Waals surface area contributed by atoms with E-state index in [1.165, 1.54) is 116 Å². The van der Waals surface area contributed by atoms with Crippen molar-refractivity contribution in [3.05, 3.63) is 24.3 Å². The minimum atomic E-state index is -0.00956. The Hall–Kier alpha value is -1.05. The van der Waals surface area contributed by atoms with Gasteiger partial charge in [0, 0.05) is 6.42 Å². The fraction of sp³-hybridized carbons (Fsp3) is 0.844. The average Bonchev–Trinajstić information content (AvgIpc) is 2.84. The van der Waals surface area contributed by atoms with Crippen molar-refractivity contribution in [3.8, 4) is 0 Å². The quantitative estimate of drug-likeness (QED) is 0.0669. The Bertz CT molecular complexity index is 452. The van der Waals surface area contributed by atoms with Crippen molar-refractivity contribution >= 4 is 5.97 Å². The summed E-state index contributed by atoms with van der Waals surface area (Å²) in [5.74, 6) is -0.00956. The zero-order valence-electron chi connectivity index (χ0n) is 23.3. The summed E-state index contributed by atoms with van der Waals surface area (Å²) in [5, 5.41) is 0. The van der Waals surface area contributed by atoms with Gasteiger partial charge in [-0.15, -0.1) is 0 Å². The molecule has 0 aromatic carbocycles. The maximum absolute atomic E-state index is 11.8. The highest BCUT2D eigenvalue weighted by Gasteiger charge is 2.02. The number of allylic oxidation sites excluding steroid dienone is 4. The van der Waals surface area contributed by atoms with E-state index in [4.69, 9.17) is 4.74 Å². The molecule has 0 aromatic heterocycles. The van der Waals surface area contributed by atoms with E-state index in [0.717, 1.165) is 32.1 Å². The molecule has 0 aliphatic rings. The second-order valence-corrected chi connectivity index (χ2v) is 10.1. The smallest absolute Gasteiger partial charge is 0.305 e. The minimum absolute atomic E-state index is 0.00956. The highest BCUT2D eigenvalue weighted by Crippen LogP contribution is 2.12. The lowest BCUT2D eigenvalue weighted by Gasteiger charge is -2.05. The third-order valence-electron chi connectivity index (χ3n) is 6.59. The molecule has 0 fully saturated rings. The lowest BCUT2D eigenvalue weighted by molar-refractivity contribution is -0.143. The van der Waals surface area contributed by atoms with Gasteiger partial charge in [-0.3, -0.25) is 4.79 Å². The minimum Gasteiger partial charge on any atom is -0.466 e. The van der Waals surface area contributed by atoms with Gasteiger partial charge >= 0.3 is 5.97 Å². The van der Waals surface area contributed by atoms with Gasteiger partial charge in [-0.2, -0.15) is 0 Å². The Morgan fingerprint density at radius 2 is 0.912 bits per heavy atom. The summed E-state index contributed by atoms with van der Waals surface area (Å²) in [6.45, 7) is 5.16. The number of esters is 1. The van der Waals surface area contributed by atoms with Crippen LogP contribution in [0.25, 0.3) is 0 Å². The Morgan fingerprint density at radius 1 is 0.500 bits per heavy atom. The van der Waals surface area contributed by atoms with Crippen molar-refractivity contribution in [1.82, 2.24) is 0 Å². The van der Waals surface area contributed by atoms with E-state index in [0.29, 0.717) is 13.0 Å². The van der Waals surface area contributed by atoms with Crippen molar-refractivity contribution < 1.29 is 9.53 Å². The van der Waals surface area contributed by atoms with Crippen LogP contribution in [0.4, 0.5) is 0 Å². The summed E-state index contributed by atoms with van der Waals surface area (Å²) in [6.07, 6.45) is 39.3. The predicted molar refractivity (Wildman–Crippen MR) is 151 cm³/mol. The molecule has 0 saturated carbocycles. The fourth-order valence-electron chi connectivity index (χ4n) is 4.28. The van der Waals surface area contributed by atoms with Crippen LogP contribution in [0.5, 0.6) is 0 Å². The van der Waals surface area contributed by atoms with Gasteiger partial charge in [0.15, 0.2) is 0 Å². The monoisotopic (exact) mass is 476 g/mol. The summed E-state index contributed by atoms with van der Waals surface area (Å²) in [4.78, 5) is 11.8. The maximum Gasteiger partial charge on any atom is 0.305 e. The molecule has 200 valence electrons. The van der Waals surface area contributed by atoms with Gasteiger partial charge in [-0.05, 0) is 44.9 Å². The van der Waals surface area contributed by atoms with Crippen LogP contribution in [0.3, 0.4) is 0 Å². The molecule has 0 heterocycles. The van der Waals surface area contributed by atoms with Crippen LogP contribution in [0.1, 0.15) is 168 Å². The van der Waals surface area contributed by atoms with Gasteiger partial charge in [-0.1, -0.05) is 141 Å². The molecule has 0 aromatic rings. The zero-order valence-corrected chi connectivity index (χ0v) is 23.3. The van der Waals surface area contributed by atoms with Crippen molar-refractivity contribution in [2.45, 2.75) is 168 Å². The highest BCUT2D eigenvalue weighted by molar-refractivity contribution is 5.69. The Kier molecular flexibility index (Phi) is 29.1. The molecule has 0 unspecified atom stereocenters. The summed E-state index contributed by atoms with van der Waals surface area (Å²) in [7, 11) is 0. The highest BCUT2D eigenvalue weighted by atomic mass is 16.5. The van der Waals surface area contributed by atoms with Crippen LogP contribution in [0.15, 0.2) is 24.3 Å². The number of hydrogen-bond acceptors (Lipinski definition) is 2. The van der Waals surface area contributed by atoms with Crippen LogP contribution in [-0.4, -0.2) is 12.6 Å². The van der Waals surface area contributed by atoms with Gasteiger partial charge in [0.25, 0.3) is 0 Å². The van der Waals surface area contributed by atoms with Crippen LogP contribution in [0.2, 0.25) is 0 Å². The Balaban J connectivity index is 3.27. The van der Waals surface area contributed by atoms with Crippen molar-refractivity contribution in [2.24, 2.45) is 0 Å². The standard InChI is InChI=1S/C32H60O2/c1-3-5-7-9-11-13-15-17-18-19-20-22-24-26-28-30-32(33)34-31-29-27-25-23-21-16-14-12-10-8-6-4-2/h17-18,20,22H,3-16,19,21,23-31H2,1-2H3. The first kappa shape index (κ1) is 33.0. The van der Waals surface area contributed by atoms with Gasteiger partial charge in [0.1, 0.15) is 0 Å². The van der Waals surface area contributed by atoms with E-state index in [9.17, 15) is 4.79 Å². The maximum atomic E-state index is 11.8. The van der Waals surface area contributed by atoms with Gasteiger partial charge < -0.3 is 4.74 Å². The molecular formula is C32H60O2. The van der Waals surface area contributed by atoms with Gasteiger partial charge in [0.05, 0.1) is 6.61 Å². The first-order valence-electron chi connectivity index (χ1n) is 15.3. The molecule has 0 aliphatic carbocycles. The first-order valence-corrected chi connectivity index (χ1v) is 15.3. The molecule has 0 rings (SSSR count). The fourth-order valence-corrected chi connectivity index (χ4v) is 4.28. The summed E-state index contributed by atoms with van der Waals surface area (Å²) in [6, 6.07) is 0. The summed E-state index contributed by atoms with van der Waals surface area (Å²) in [5.41, 5.74) is 0. The number of carbonyl (C=O) groups is 1. The normalized spacial score (nSPS) is 11.7. The molecule has 2 heteroatoms. The van der Waals surface area contributed by atoms with Crippen molar-refractivity contribution in [3.63, 3.8) is 0 Å². The second-order valence-electron chi connectivity index (χ2n) is 10.1. The topological polar surface area (TPSA) is 26.3 Å². The molecule has 0 amide bonds. The van der Waals surface area contributed by atoms with E-state index in [1.807, 2.05) is 0 Å². The number of rotatable bonds is 27. The molecule has 0 atom stereocenters. The third-order valence-corrected chi connectivity index (χ3v) is 6.59. The van der Waals surface area contributed by atoms with E-state index < -0.39 is 0 Å². The molecule has 0 saturated heterocycles. The number of unbranched alkanes of at least 4 members (excludes halogenated alkanes) is 19. The molecule has 2 nitrogen and oxygen atoms in total. The van der Waals surface area contributed by atoms with E-state index in [-0.39, 0.29) is 5.97 Å². The molecule has 0 spiro atoms. The van der Waals surface area contributed by atoms with Gasteiger partial charge in [0.2, 0.25) is 0 Å². The van der Waals surface area contributed by atoms with Crippen LogP contribution < -0.4 is 0 Å². The Labute approximate surface area is 214 Å². The molecule has 0 aliphatic heterocycles. The predicted octanol–water partition coefficient (Wildman–Crippen LogP) is 11.0. The first-order chi connectivity index (χ1) is 16.8. The SMILES string of the molecule is CCCCCCCCC=CCC=CCCCCC(=O)OCCCCCCCCCCCCCC. The van der Waals surface area contributed by atoms with E-state index in [1.54, 1.807) is 0 Å². The van der Waals surface area contributed by atoms with Crippen LogP contribution in [-0.2, 0) is 9.53 Å². The summed E-state index contributed by atoms with van der Waals surface area (Å²) >= 11 is 0. The largest absolute Gasteiger partial charge is 0.466 e. The molecule has 34 heavy (non-hydrogen) atoms. The lowest BCUT2D eigenvalue weighted by atomic mass is 10.1. The lowest BCUT2D eigenvalue weighted by Crippen LogP contribution is -2.05. The number of carbonyl (C=O) groups excluding carboxylic acids is 1. The third kappa shape index (κ3) is 29.0. The number of hydrogen-bond donors (Lipinski definition) is 0. The Morgan fingerprint density at radius 3 is 1.41 bits per heavy atom. The van der Waals surface area contributed by atoms with Crippen LogP contribution in [0, 0.1) is 0 Å². The molecule has 0 bridgehead atoms. The second kappa shape index (κ2) is 30.0. The van der Waals surface area contributed by atoms with E-state index in [2.05, 4.69) is 38.2 Å². The molecular weight excluding hydrogens is 416 g/mol. The van der Waals surface area contributed by atoms with E-state index >= 15 is 0 Å². The molecule has 0 radical (unpaired) electrons. The number of ether oxygens (including phenoxy) is 1. The average molecular weight is 477 g/mol. The van der Waals surface area contributed by atoms with Crippen molar-refractivity contribution in [1.29, 1.82) is 0 Å². The zero-order chi connectivity index (χ0) is 24.8. The van der Waals surface area contributed by atoms with Crippen LogP contribution >= 0.6 is 0 Å². The van der Waals surface area contributed by atoms with Gasteiger partial charge in [-0.25, -0.2) is 0 Å². The van der Waals surface area contributed by atoms with Crippen molar-refractivity contribution in [2.75, 3.05) is 6.61 Å².